The first-order valence-electron chi connectivity index (χ1n) is 4.65. The number of hydrogen-bond acceptors (Lipinski definition) is 2. The van der Waals surface area contributed by atoms with Gasteiger partial charge >= 0.3 is 0 Å². The molecule has 1 heterocycles. The first-order valence-corrected chi connectivity index (χ1v) is 6.26. The highest BCUT2D eigenvalue weighted by molar-refractivity contribution is 7.90. The topological polar surface area (TPSA) is 39.1 Å². The van der Waals surface area contributed by atoms with Gasteiger partial charge in [-0.15, -0.1) is 6.58 Å². The minimum absolute atomic E-state index is 0.145. The van der Waals surface area contributed by atoms with Gasteiger partial charge in [-0.2, -0.15) is 0 Å². The lowest BCUT2D eigenvalue weighted by molar-refractivity contribution is 0.592. The molecule has 0 aliphatic rings. The second-order valence-electron chi connectivity index (χ2n) is 3.38. The van der Waals surface area contributed by atoms with Crippen molar-refractivity contribution in [1.29, 1.82) is 0 Å². The van der Waals surface area contributed by atoms with Gasteiger partial charge in [-0.1, -0.05) is 6.08 Å². The van der Waals surface area contributed by atoms with Crippen LogP contribution in [0.1, 0.15) is 0 Å². The molecule has 0 radical (unpaired) electrons. The molecule has 0 saturated heterocycles. The smallest absolute Gasteiger partial charge is 0.242 e. The molecule has 0 fully saturated rings. The van der Waals surface area contributed by atoms with Gasteiger partial charge in [-0.3, -0.25) is 0 Å². The highest BCUT2D eigenvalue weighted by Crippen LogP contribution is 2.19. The van der Waals surface area contributed by atoms with Crippen LogP contribution >= 0.6 is 0 Å². The normalized spacial score (nSPS) is 11.8. The monoisotopic (exact) mass is 239 g/mol. The first kappa shape index (κ1) is 10.9. The summed E-state index contributed by atoms with van der Waals surface area (Å²) in [6.45, 7) is 3.40. The SMILES string of the molecule is C=CCS(=O)(=O)n1ccc2cc(F)ccc21. The maximum absolute atomic E-state index is 12.9. The lowest BCUT2D eigenvalue weighted by Gasteiger charge is -2.04. The lowest BCUT2D eigenvalue weighted by atomic mass is 10.2. The fraction of sp³-hybridized carbons (Fsp3) is 0.0909. The lowest BCUT2D eigenvalue weighted by Crippen LogP contribution is -2.13. The number of fused-ring (bicyclic) bond motifs is 1. The first-order chi connectivity index (χ1) is 7.54. The van der Waals surface area contributed by atoms with Crippen LogP contribution in [-0.4, -0.2) is 18.1 Å². The van der Waals surface area contributed by atoms with E-state index in [1.54, 1.807) is 6.07 Å². The van der Waals surface area contributed by atoms with Crippen LogP contribution in [-0.2, 0) is 10.0 Å². The standard InChI is InChI=1S/C11H10FNO2S/c1-2-7-16(14,15)13-6-5-9-8-10(12)3-4-11(9)13/h2-6,8H,1,7H2. The molecule has 0 saturated carbocycles. The third kappa shape index (κ3) is 1.74. The van der Waals surface area contributed by atoms with E-state index in [0.29, 0.717) is 10.9 Å². The summed E-state index contributed by atoms with van der Waals surface area (Å²) >= 11 is 0. The summed E-state index contributed by atoms with van der Waals surface area (Å²) in [6, 6.07) is 5.56. The van der Waals surface area contributed by atoms with Gasteiger partial charge in [0, 0.05) is 11.6 Å². The second kappa shape index (κ2) is 3.75. The van der Waals surface area contributed by atoms with Gasteiger partial charge in [-0.25, -0.2) is 16.8 Å². The molecule has 84 valence electrons. The Morgan fingerprint density at radius 2 is 2.12 bits per heavy atom. The molecule has 0 amide bonds. The molecule has 0 spiro atoms. The fourth-order valence-electron chi connectivity index (χ4n) is 1.56. The molecule has 0 bridgehead atoms. The predicted octanol–water partition coefficient (Wildman–Crippen LogP) is 2.14. The molecule has 0 unspecified atom stereocenters. The van der Waals surface area contributed by atoms with Crippen LogP contribution in [0.4, 0.5) is 4.39 Å². The highest BCUT2D eigenvalue weighted by Gasteiger charge is 2.13. The summed E-state index contributed by atoms with van der Waals surface area (Å²) in [5, 5.41) is 0.563. The maximum atomic E-state index is 12.9. The minimum atomic E-state index is -3.43. The van der Waals surface area contributed by atoms with Crippen LogP contribution in [0.5, 0.6) is 0 Å². The maximum Gasteiger partial charge on any atom is 0.242 e. The van der Waals surface area contributed by atoms with E-state index in [0.717, 1.165) is 3.97 Å². The van der Waals surface area contributed by atoms with Crippen LogP contribution in [0.15, 0.2) is 43.1 Å². The Kier molecular flexibility index (Phi) is 2.55. The Morgan fingerprint density at radius 1 is 1.38 bits per heavy atom. The van der Waals surface area contributed by atoms with Crippen molar-refractivity contribution >= 4 is 20.9 Å². The average Bonchev–Trinajstić information content (AvgIpc) is 2.60. The number of hydrogen-bond donors (Lipinski definition) is 0. The van der Waals surface area contributed by atoms with Crippen molar-refractivity contribution < 1.29 is 12.8 Å². The van der Waals surface area contributed by atoms with E-state index in [2.05, 4.69) is 6.58 Å². The molecule has 0 atom stereocenters. The average molecular weight is 239 g/mol. The summed E-state index contributed by atoms with van der Waals surface area (Å²) in [5.41, 5.74) is 0.475. The van der Waals surface area contributed by atoms with Gasteiger partial charge in [-0.05, 0) is 24.3 Å². The van der Waals surface area contributed by atoms with E-state index < -0.39 is 10.0 Å². The Hall–Kier alpha value is -1.62. The zero-order valence-electron chi connectivity index (χ0n) is 8.43. The van der Waals surface area contributed by atoms with Gasteiger partial charge in [0.25, 0.3) is 0 Å². The largest absolute Gasteiger partial charge is 0.245 e. The van der Waals surface area contributed by atoms with Crippen molar-refractivity contribution in [3.63, 3.8) is 0 Å². The summed E-state index contributed by atoms with van der Waals surface area (Å²) < 4.78 is 37.6. The van der Waals surface area contributed by atoms with Gasteiger partial charge in [0.2, 0.25) is 10.0 Å². The molecule has 16 heavy (non-hydrogen) atoms. The molecule has 0 aliphatic heterocycles. The second-order valence-corrected chi connectivity index (χ2v) is 5.27. The van der Waals surface area contributed by atoms with Crippen molar-refractivity contribution in [3.8, 4) is 0 Å². The van der Waals surface area contributed by atoms with Gasteiger partial charge in [0.1, 0.15) is 5.82 Å². The molecule has 1 aromatic carbocycles. The van der Waals surface area contributed by atoms with Crippen molar-refractivity contribution in [2.45, 2.75) is 0 Å². The number of benzene rings is 1. The molecule has 3 nitrogen and oxygen atoms in total. The molecule has 0 aliphatic carbocycles. The van der Waals surface area contributed by atoms with E-state index in [4.69, 9.17) is 0 Å². The van der Waals surface area contributed by atoms with Crippen LogP contribution in [0.3, 0.4) is 0 Å². The van der Waals surface area contributed by atoms with Crippen molar-refractivity contribution in [3.05, 3.63) is 48.9 Å². The number of nitrogens with zero attached hydrogens (tertiary/aromatic N) is 1. The van der Waals surface area contributed by atoms with Crippen molar-refractivity contribution in [1.82, 2.24) is 3.97 Å². The van der Waals surface area contributed by atoms with Crippen LogP contribution in [0.25, 0.3) is 10.9 Å². The van der Waals surface area contributed by atoms with Crippen LogP contribution in [0.2, 0.25) is 0 Å². The predicted molar refractivity (Wildman–Crippen MR) is 61.3 cm³/mol. The Labute approximate surface area is 92.9 Å². The van der Waals surface area contributed by atoms with E-state index in [1.807, 2.05) is 0 Å². The van der Waals surface area contributed by atoms with Crippen molar-refractivity contribution in [2.75, 3.05) is 5.75 Å². The summed E-state index contributed by atoms with van der Waals surface area (Å²) in [7, 11) is -3.43. The van der Waals surface area contributed by atoms with E-state index >= 15 is 0 Å². The molecule has 2 aromatic rings. The third-order valence-electron chi connectivity index (χ3n) is 2.24. The van der Waals surface area contributed by atoms with Gasteiger partial charge < -0.3 is 0 Å². The molecule has 5 heteroatoms. The number of rotatable bonds is 3. The van der Waals surface area contributed by atoms with Crippen LogP contribution in [0, 0.1) is 5.82 Å². The highest BCUT2D eigenvalue weighted by atomic mass is 32.2. The summed E-state index contributed by atoms with van der Waals surface area (Å²) in [6.07, 6.45) is 2.74. The summed E-state index contributed by atoms with van der Waals surface area (Å²) in [4.78, 5) is 0. The van der Waals surface area contributed by atoms with E-state index in [9.17, 15) is 12.8 Å². The molecule has 1 aromatic heterocycles. The van der Waals surface area contributed by atoms with Crippen LogP contribution < -0.4 is 0 Å². The quantitative estimate of drug-likeness (QED) is 0.770. The Bertz CT molecular complexity index is 643. The minimum Gasteiger partial charge on any atom is -0.245 e. The fourth-order valence-corrected chi connectivity index (χ4v) is 2.73. The zero-order chi connectivity index (χ0) is 11.8. The summed E-state index contributed by atoms with van der Waals surface area (Å²) in [5.74, 6) is -0.528. The van der Waals surface area contributed by atoms with E-state index in [-0.39, 0.29) is 11.6 Å². The Balaban J connectivity index is 2.67. The Morgan fingerprint density at radius 3 is 2.81 bits per heavy atom. The molecular weight excluding hydrogens is 229 g/mol. The molecule has 2 rings (SSSR count). The van der Waals surface area contributed by atoms with Gasteiger partial charge in [0.15, 0.2) is 0 Å². The third-order valence-corrected chi connectivity index (χ3v) is 3.82. The zero-order valence-corrected chi connectivity index (χ0v) is 9.24. The molecular formula is C11H10FNO2S. The van der Waals surface area contributed by atoms with Crippen molar-refractivity contribution in [2.24, 2.45) is 0 Å². The van der Waals surface area contributed by atoms with E-state index in [1.165, 1.54) is 30.5 Å². The molecule has 0 N–H and O–H groups in total. The number of aromatic nitrogens is 1. The van der Waals surface area contributed by atoms with Gasteiger partial charge in [0.05, 0.1) is 11.3 Å². The number of halogens is 1.